The molecule has 1 N–H and O–H groups in total. The molecule has 2 aromatic rings. The lowest BCUT2D eigenvalue weighted by molar-refractivity contribution is 0.0733. The average molecular weight is 290 g/mol. The molecular weight excluding hydrogens is 274 g/mol. The van der Waals surface area contributed by atoms with Crippen molar-refractivity contribution < 1.29 is 9.47 Å². The summed E-state index contributed by atoms with van der Waals surface area (Å²) in [5.41, 5.74) is 3.24. The van der Waals surface area contributed by atoms with Gasteiger partial charge < -0.3 is 9.47 Å². The van der Waals surface area contributed by atoms with Crippen LogP contribution in [-0.4, -0.2) is 19.9 Å². The van der Waals surface area contributed by atoms with Gasteiger partial charge in [0.25, 0.3) is 0 Å². The molecule has 3 nitrogen and oxygen atoms in total. The second-order valence-electron chi connectivity index (χ2n) is 4.80. The van der Waals surface area contributed by atoms with Crippen LogP contribution in [0.4, 0.5) is 0 Å². The number of rotatable bonds is 2. The van der Waals surface area contributed by atoms with E-state index in [0.717, 1.165) is 16.9 Å². The van der Waals surface area contributed by atoms with Gasteiger partial charge in [0, 0.05) is 16.7 Å². The molecule has 0 aromatic heterocycles. The third-order valence-electron chi connectivity index (χ3n) is 3.43. The molecule has 3 rings (SSSR count). The fourth-order valence-electron chi connectivity index (χ4n) is 2.36. The normalized spacial score (nSPS) is 17.1. The summed E-state index contributed by atoms with van der Waals surface area (Å²) in [6.45, 7) is 2.54. The highest BCUT2D eigenvalue weighted by Gasteiger charge is 2.24. The zero-order valence-corrected chi connectivity index (χ0v) is 12.2. The maximum absolute atomic E-state index is 6.20. The van der Waals surface area contributed by atoms with Crippen molar-refractivity contribution in [2.45, 2.75) is 13.2 Å². The molecular formula is C16H16ClNO2. The van der Waals surface area contributed by atoms with Crippen molar-refractivity contribution in [3.63, 3.8) is 0 Å². The van der Waals surface area contributed by atoms with E-state index in [9.17, 15) is 0 Å². The Balaban J connectivity index is 2.16. The highest BCUT2D eigenvalue weighted by molar-refractivity contribution is 6.31. The van der Waals surface area contributed by atoms with Crippen LogP contribution in [0.25, 0.3) is 11.1 Å². The Labute approximate surface area is 123 Å². The van der Waals surface area contributed by atoms with Crippen LogP contribution in [0, 0.1) is 6.92 Å². The van der Waals surface area contributed by atoms with Gasteiger partial charge in [0.1, 0.15) is 6.61 Å². The third-order valence-corrected chi connectivity index (χ3v) is 3.65. The van der Waals surface area contributed by atoms with E-state index < -0.39 is 0 Å². The second-order valence-corrected chi connectivity index (χ2v) is 5.24. The van der Waals surface area contributed by atoms with Gasteiger partial charge in [-0.1, -0.05) is 35.9 Å². The molecule has 20 heavy (non-hydrogen) atoms. The smallest absolute Gasteiger partial charge is 0.184 e. The molecule has 0 spiro atoms. The predicted molar refractivity (Wildman–Crippen MR) is 80.6 cm³/mol. The summed E-state index contributed by atoms with van der Waals surface area (Å²) < 4.78 is 11.7. The largest absolute Gasteiger partial charge is 0.484 e. The van der Waals surface area contributed by atoms with Crippen LogP contribution >= 0.6 is 11.6 Å². The quantitative estimate of drug-likeness (QED) is 0.916. The van der Waals surface area contributed by atoms with Crippen LogP contribution in [0.2, 0.25) is 5.02 Å². The van der Waals surface area contributed by atoms with E-state index in [0.29, 0.717) is 17.4 Å². The number of hydrogen-bond acceptors (Lipinski definition) is 3. The fraction of sp³-hybridized carbons (Fsp3) is 0.250. The summed E-state index contributed by atoms with van der Waals surface area (Å²) in [5.74, 6) is 1.44. The maximum Gasteiger partial charge on any atom is 0.184 e. The number of fused-ring (bicyclic) bond motifs is 1. The van der Waals surface area contributed by atoms with E-state index in [2.05, 4.69) is 24.4 Å². The first-order valence-electron chi connectivity index (χ1n) is 6.55. The molecule has 1 heterocycles. The van der Waals surface area contributed by atoms with Gasteiger partial charge in [0.05, 0.1) is 0 Å². The van der Waals surface area contributed by atoms with Crippen molar-refractivity contribution in [2.75, 3.05) is 13.7 Å². The molecule has 0 saturated carbocycles. The van der Waals surface area contributed by atoms with E-state index in [-0.39, 0.29) is 6.23 Å². The van der Waals surface area contributed by atoms with Crippen LogP contribution in [0.1, 0.15) is 5.56 Å². The number of likely N-dealkylation sites (N-methyl/N-ethyl adjacent to an activating group) is 1. The van der Waals surface area contributed by atoms with E-state index in [4.69, 9.17) is 21.1 Å². The Bertz CT molecular complexity index is 642. The van der Waals surface area contributed by atoms with Crippen molar-refractivity contribution in [1.82, 2.24) is 5.32 Å². The van der Waals surface area contributed by atoms with E-state index in [1.807, 2.05) is 25.2 Å². The number of hydrogen-bond donors (Lipinski definition) is 1. The van der Waals surface area contributed by atoms with Crippen LogP contribution in [0.3, 0.4) is 0 Å². The topological polar surface area (TPSA) is 30.5 Å². The lowest BCUT2D eigenvalue weighted by Gasteiger charge is -2.28. The molecule has 0 aliphatic carbocycles. The van der Waals surface area contributed by atoms with Crippen molar-refractivity contribution in [3.8, 4) is 22.6 Å². The van der Waals surface area contributed by atoms with Crippen molar-refractivity contribution >= 4 is 11.6 Å². The summed E-state index contributed by atoms with van der Waals surface area (Å²) in [7, 11) is 1.85. The maximum atomic E-state index is 6.20. The number of benzene rings is 2. The molecule has 0 radical (unpaired) electrons. The second kappa shape index (κ2) is 5.35. The van der Waals surface area contributed by atoms with Crippen LogP contribution in [-0.2, 0) is 0 Å². The summed E-state index contributed by atoms with van der Waals surface area (Å²) in [6.07, 6.45) is -0.147. The van der Waals surface area contributed by atoms with Gasteiger partial charge in [-0.15, -0.1) is 0 Å². The minimum atomic E-state index is -0.147. The Morgan fingerprint density at radius 2 is 2.00 bits per heavy atom. The number of ether oxygens (including phenoxy) is 2. The molecule has 0 amide bonds. The molecule has 1 unspecified atom stereocenters. The van der Waals surface area contributed by atoms with Crippen LogP contribution in [0.15, 0.2) is 36.4 Å². The average Bonchev–Trinajstić information content (AvgIpc) is 2.46. The van der Waals surface area contributed by atoms with Gasteiger partial charge in [-0.25, -0.2) is 0 Å². The van der Waals surface area contributed by atoms with Crippen LogP contribution < -0.4 is 14.8 Å². The summed E-state index contributed by atoms with van der Waals surface area (Å²) in [4.78, 5) is 0. The number of aryl methyl sites for hydroxylation is 1. The third kappa shape index (κ3) is 2.35. The molecule has 2 aromatic carbocycles. The van der Waals surface area contributed by atoms with Gasteiger partial charge in [-0.05, 0) is 31.2 Å². The molecule has 0 bridgehead atoms. The molecule has 104 valence electrons. The fourth-order valence-corrected chi connectivity index (χ4v) is 2.56. The SMILES string of the molecule is CNC1COc2cc(Cl)cc(-c3ccccc3C)c2O1. The Morgan fingerprint density at radius 3 is 2.75 bits per heavy atom. The Kier molecular flexibility index (Phi) is 3.55. The van der Waals surface area contributed by atoms with Crippen molar-refractivity contribution in [1.29, 1.82) is 0 Å². The van der Waals surface area contributed by atoms with Gasteiger partial charge >= 0.3 is 0 Å². The first-order valence-corrected chi connectivity index (χ1v) is 6.93. The van der Waals surface area contributed by atoms with Crippen molar-refractivity contribution in [2.24, 2.45) is 0 Å². The summed E-state index contributed by atoms with van der Waals surface area (Å²) in [6, 6.07) is 11.9. The molecule has 1 aliphatic heterocycles. The molecule has 0 fully saturated rings. The molecule has 4 heteroatoms. The van der Waals surface area contributed by atoms with E-state index >= 15 is 0 Å². The predicted octanol–water partition coefficient (Wildman–Crippen LogP) is 3.63. The minimum absolute atomic E-state index is 0.147. The highest BCUT2D eigenvalue weighted by atomic mass is 35.5. The zero-order valence-electron chi connectivity index (χ0n) is 11.4. The molecule has 0 saturated heterocycles. The lowest BCUT2D eigenvalue weighted by atomic mass is 9.99. The Hall–Kier alpha value is -1.71. The summed E-state index contributed by atoms with van der Waals surface area (Å²) >= 11 is 6.20. The standard InChI is InChI=1S/C16H16ClNO2/c1-10-5-3-4-6-12(10)13-7-11(17)8-14-16(13)20-15(18-2)9-19-14/h3-8,15,18H,9H2,1-2H3. The highest BCUT2D eigenvalue weighted by Crippen LogP contribution is 2.43. The van der Waals surface area contributed by atoms with E-state index in [1.165, 1.54) is 5.56 Å². The first kappa shape index (κ1) is 13.3. The van der Waals surface area contributed by atoms with Gasteiger partial charge in [0.2, 0.25) is 0 Å². The monoisotopic (exact) mass is 289 g/mol. The minimum Gasteiger partial charge on any atom is -0.484 e. The first-order chi connectivity index (χ1) is 9.69. The molecule has 1 atom stereocenters. The lowest BCUT2D eigenvalue weighted by Crippen LogP contribution is -2.39. The van der Waals surface area contributed by atoms with Gasteiger partial charge in [-0.2, -0.15) is 0 Å². The van der Waals surface area contributed by atoms with Crippen LogP contribution in [0.5, 0.6) is 11.5 Å². The zero-order chi connectivity index (χ0) is 14.1. The van der Waals surface area contributed by atoms with E-state index in [1.54, 1.807) is 6.07 Å². The molecule has 1 aliphatic rings. The van der Waals surface area contributed by atoms with Gasteiger partial charge in [0.15, 0.2) is 17.7 Å². The number of halogens is 1. The van der Waals surface area contributed by atoms with Gasteiger partial charge in [-0.3, -0.25) is 5.32 Å². The number of nitrogens with one attached hydrogen (secondary N) is 1. The summed E-state index contributed by atoms with van der Waals surface area (Å²) in [5, 5.41) is 3.72. The van der Waals surface area contributed by atoms with Crippen molar-refractivity contribution in [3.05, 3.63) is 47.0 Å². The Morgan fingerprint density at radius 1 is 1.20 bits per heavy atom.